The highest BCUT2D eigenvalue weighted by Crippen LogP contribution is 2.32. The summed E-state index contributed by atoms with van der Waals surface area (Å²) in [4.78, 5) is 35.8. The summed E-state index contributed by atoms with van der Waals surface area (Å²) in [7, 11) is 1.52. The molecule has 32 heavy (non-hydrogen) atoms. The van der Waals surface area contributed by atoms with E-state index in [-0.39, 0.29) is 11.6 Å². The molecular weight excluding hydrogens is 414 g/mol. The number of methoxy groups -OCH3 is 1. The van der Waals surface area contributed by atoms with Crippen LogP contribution in [-0.4, -0.2) is 32.9 Å². The summed E-state index contributed by atoms with van der Waals surface area (Å²) in [6.07, 6.45) is 2.78. The van der Waals surface area contributed by atoms with Crippen LogP contribution in [0.2, 0.25) is 0 Å². The largest absolute Gasteiger partial charge is 0.497 e. The third-order valence-corrected chi connectivity index (χ3v) is 4.54. The second kappa shape index (κ2) is 8.92. The molecule has 4 aromatic rings. The van der Waals surface area contributed by atoms with Crippen LogP contribution in [0.3, 0.4) is 0 Å². The number of aromatic nitrogens is 3. The van der Waals surface area contributed by atoms with Crippen molar-refractivity contribution in [3.8, 4) is 5.75 Å². The van der Waals surface area contributed by atoms with Crippen molar-refractivity contribution in [3.63, 3.8) is 0 Å². The molecule has 0 radical (unpaired) electrons. The predicted molar refractivity (Wildman–Crippen MR) is 118 cm³/mol. The van der Waals surface area contributed by atoms with Gasteiger partial charge < -0.3 is 10.1 Å². The Labute approximate surface area is 181 Å². The van der Waals surface area contributed by atoms with Gasteiger partial charge in [-0.1, -0.05) is 18.2 Å². The molecule has 4 rings (SSSR count). The van der Waals surface area contributed by atoms with Crippen molar-refractivity contribution in [1.82, 2.24) is 20.4 Å². The molecule has 0 saturated heterocycles. The zero-order valence-electron chi connectivity index (χ0n) is 16.8. The quantitative estimate of drug-likeness (QED) is 0.296. The predicted octanol–water partition coefficient (Wildman–Crippen LogP) is 3.44. The van der Waals surface area contributed by atoms with Crippen LogP contribution in [-0.2, 0) is 0 Å². The maximum atomic E-state index is 12.4. The highest BCUT2D eigenvalue weighted by Gasteiger charge is 2.24. The van der Waals surface area contributed by atoms with Gasteiger partial charge in [-0.25, -0.2) is 9.97 Å². The van der Waals surface area contributed by atoms with E-state index in [9.17, 15) is 14.9 Å². The molecule has 0 spiro atoms. The fourth-order valence-electron chi connectivity index (χ4n) is 3.00. The van der Waals surface area contributed by atoms with Crippen molar-refractivity contribution in [3.05, 3.63) is 82.8 Å². The van der Waals surface area contributed by atoms with Crippen LogP contribution in [0.25, 0.3) is 10.9 Å². The molecule has 1 amide bonds. The van der Waals surface area contributed by atoms with Gasteiger partial charge in [-0.3, -0.25) is 30.7 Å². The van der Waals surface area contributed by atoms with E-state index in [0.717, 1.165) is 11.7 Å². The van der Waals surface area contributed by atoms with Crippen molar-refractivity contribution in [2.45, 2.75) is 0 Å². The van der Waals surface area contributed by atoms with Crippen molar-refractivity contribution >= 4 is 39.8 Å². The molecule has 0 saturated carbocycles. The molecule has 0 unspecified atom stereocenters. The van der Waals surface area contributed by atoms with Gasteiger partial charge >= 0.3 is 5.69 Å². The number of nitrogens with zero attached hydrogens (tertiary/aromatic N) is 4. The maximum absolute atomic E-state index is 12.4. The van der Waals surface area contributed by atoms with Crippen LogP contribution in [0.15, 0.2) is 67.1 Å². The lowest BCUT2D eigenvalue weighted by Gasteiger charge is -2.12. The normalized spacial score (nSPS) is 10.4. The summed E-state index contributed by atoms with van der Waals surface area (Å²) in [5.74, 6) is -0.139. The Hall–Kier alpha value is -4.80. The average Bonchev–Trinajstić information content (AvgIpc) is 2.82. The molecule has 2 aromatic heterocycles. The number of carbonyl (C=O) groups excluding carboxylic acids is 1. The lowest BCUT2D eigenvalue weighted by Crippen LogP contribution is -2.30. The maximum Gasteiger partial charge on any atom is 0.355 e. The van der Waals surface area contributed by atoms with Crippen molar-refractivity contribution in [2.24, 2.45) is 0 Å². The number of amides is 1. The highest BCUT2D eigenvalue weighted by atomic mass is 16.6. The molecule has 0 fully saturated rings. The Morgan fingerprint density at radius 2 is 1.75 bits per heavy atom. The Balaban J connectivity index is 1.59. The van der Waals surface area contributed by atoms with Crippen LogP contribution in [0.1, 0.15) is 10.4 Å². The average molecular weight is 431 g/mol. The number of fused-ring (bicyclic) bond motifs is 1. The van der Waals surface area contributed by atoms with Crippen LogP contribution >= 0.6 is 0 Å². The number of benzene rings is 2. The Morgan fingerprint density at radius 1 is 1.00 bits per heavy atom. The fraction of sp³-hybridized carbons (Fsp3) is 0.0476. The number of pyridine rings is 1. The molecule has 0 aliphatic heterocycles. The van der Waals surface area contributed by atoms with E-state index in [0.29, 0.717) is 22.5 Å². The minimum atomic E-state index is -0.636. The van der Waals surface area contributed by atoms with E-state index in [1.165, 1.54) is 7.11 Å². The minimum Gasteiger partial charge on any atom is -0.497 e. The standard InChI is InChI=1S/C21H17N7O4/c1-32-15-9-7-14(8-10-15)21(29)27-26-20-18(28(30)31)19(23-12-24-20)25-16-6-2-4-13-5-3-11-22-17(13)16/h2-12H,1H3,(H,27,29)(H2,23,24,25,26). The zero-order valence-corrected chi connectivity index (χ0v) is 16.8. The van der Waals surface area contributed by atoms with E-state index >= 15 is 0 Å². The Morgan fingerprint density at radius 3 is 2.50 bits per heavy atom. The van der Waals surface area contributed by atoms with Crippen molar-refractivity contribution in [2.75, 3.05) is 17.9 Å². The zero-order chi connectivity index (χ0) is 22.5. The van der Waals surface area contributed by atoms with Gasteiger partial charge in [0, 0.05) is 17.1 Å². The molecule has 11 heteroatoms. The third kappa shape index (κ3) is 4.21. The molecule has 0 aliphatic carbocycles. The summed E-state index contributed by atoms with van der Waals surface area (Å²) < 4.78 is 5.06. The van der Waals surface area contributed by atoms with Gasteiger partial charge in [-0.05, 0) is 36.4 Å². The number of para-hydroxylation sites is 1. The number of nitrogens with one attached hydrogen (secondary N) is 3. The highest BCUT2D eigenvalue weighted by molar-refractivity contribution is 5.95. The van der Waals surface area contributed by atoms with E-state index in [1.54, 1.807) is 48.7 Å². The number of anilines is 3. The Kier molecular flexibility index (Phi) is 5.70. The number of hydrogen-bond acceptors (Lipinski definition) is 9. The molecule has 3 N–H and O–H groups in total. The molecule has 2 heterocycles. The summed E-state index contributed by atoms with van der Waals surface area (Å²) in [6, 6.07) is 15.5. The van der Waals surface area contributed by atoms with E-state index in [1.807, 2.05) is 12.1 Å². The SMILES string of the molecule is COc1ccc(C(=O)NNc2ncnc(Nc3cccc4cccnc34)c2[N+](=O)[O-])cc1. The molecule has 11 nitrogen and oxygen atoms in total. The number of hydrazine groups is 1. The van der Waals surface area contributed by atoms with Gasteiger partial charge in [0.15, 0.2) is 0 Å². The van der Waals surface area contributed by atoms with Gasteiger partial charge in [-0.2, -0.15) is 0 Å². The summed E-state index contributed by atoms with van der Waals surface area (Å²) in [5.41, 5.74) is 5.97. The van der Waals surface area contributed by atoms with Crippen molar-refractivity contribution < 1.29 is 14.5 Å². The first kappa shape index (κ1) is 20.5. The van der Waals surface area contributed by atoms with Crippen LogP contribution in [0.5, 0.6) is 5.75 Å². The molecule has 0 aliphatic rings. The first-order valence-corrected chi connectivity index (χ1v) is 9.37. The molecule has 0 bridgehead atoms. The molecular formula is C21H17N7O4. The smallest absolute Gasteiger partial charge is 0.355 e. The first-order chi connectivity index (χ1) is 15.6. The van der Waals surface area contributed by atoms with Gasteiger partial charge in [0.05, 0.1) is 23.2 Å². The topological polar surface area (TPSA) is 144 Å². The summed E-state index contributed by atoms with van der Waals surface area (Å²) in [6.45, 7) is 0. The molecule has 2 aromatic carbocycles. The van der Waals surface area contributed by atoms with Crippen LogP contribution in [0.4, 0.5) is 23.0 Å². The number of nitro groups is 1. The first-order valence-electron chi connectivity index (χ1n) is 9.37. The van der Waals surface area contributed by atoms with Crippen LogP contribution in [0, 0.1) is 10.1 Å². The van der Waals surface area contributed by atoms with Crippen molar-refractivity contribution in [1.29, 1.82) is 0 Å². The lowest BCUT2D eigenvalue weighted by atomic mass is 10.2. The third-order valence-electron chi connectivity index (χ3n) is 4.54. The van der Waals surface area contributed by atoms with E-state index in [4.69, 9.17) is 4.74 Å². The fourth-order valence-corrected chi connectivity index (χ4v) is 3.00. The van der Waals surface area contributed by atoms with E-state index < -0.39 is 16.5 Å². The Bertz CT molecular complexity index is 1290. The molecule has 0 atom stereocenters. The van der Waals surface area contributed by atoms with Gasteiger partial charge in [0.2, 0.25) is 11.6 Å². The lowest BCUT2D eigenvalue weighted by molar-refractivity contribution is -0.383. The number of rotatable bonds is 7. The van der Waals surface area contributed by atoms with Gasteiger partial charge in [0.1, 0.15) is 12.1 Å². The van der Waals surface area contributed by atoms with Gasteiger partial charge in [0.25, 0.3) is 5.91 Å². The van der Waals surface area contributed by atoms with Crippen LogP contribution < -0.4 is 20.9 Å². The summed E-state index contributed by atoms with van der Waals surface area (Å²) >= 11 is 0. The molecule has 160 valence electrons. The second-order valence-electron chi connectivity index (χ2n) is 6.49. The minimum absolute atomic E-state index is 0.0515. The monoisotopic (exact) mass is 431 g/mol. The number of carbonyl (C=O) groups is 1. The van der Waals surface area contributed by atoms with E-state index in [2.05, 4.69) is 31.1 Å². The second-order valence-corrected chi connectivity index (χ2v) is 6.49. The number of ether oxygens (including phenoxy) is 1. The number of hydrogen-bond donors (Lipinski definition) is 3. The van der Waals surface area contributed by atoms with Gasteiger partial charge in [-0.15, -0.1) is 0 Å². The summed E-state index contributed by atoms with van der Waals surface area (Å²) in [5, 5.41) is 15.6.